The van der Waals surface area contributed by atoms with Crippen LogP contribution in [0.4, 0.5) is 0 Å². The summed E-state index contributed by atoms with van der Waals surface area (Å²) < 4.78 is 0. The van der Waals surface area contributed by atoms with E-state index < -0.39 is 0 Å². The van der Waals surface area contributed by atoms with Gasteiger partial charge < -0.3 is 10.4 Å². The third-order valence-corrected chi connectivity index (χ3v) is 3.69. The molecule has 2 nitrogen and oxygen atoms in total. The highest BCUT2D eigenvalue weighted by Gasteiger charge is 2.14. The third kappa shape index (κ3) is 3.84. The zero-order valence-corrected chi connectivity index (χ0v) is 12.3. The number of phenolic OH excluding ortho intramolecular Hbond substituents is 1. The summed E-state index contributed by atoms with van der Waals surface area (Å²) in [5, 5.41) is 12.8. The Labute approximate surface area is 121 Å². The summed E-state index contributed by atoms with van der Waals surface area (Å²) in [4.78, 5) is 0. The van der Waals surface area contributed by atoms with Crippen LogP contribution in [0.1, 0.15) is 29.5 Å². The zero-order chi connectivity index (χ0) is 14.4. The van der Waals surface area contributed by atoms with Crippen LogP contribution in [0.2, 0.25) is 0 Å². The predicted molar refractivity (Wildman–Crippen MR) is 84.3 cm³/mol. The van der Waals surface area contributed by atoms with Crippen molar-refractivity contribution in [3.05, 3.63) is 65.2 Å². The molecule has 0 aromatic heterocycles. The van der Waals surface area contributed by atoms with Crippen molar-refractivity contribution in [2.45, 2.75) is 26.2 Å². The van der Waals surface area contributed by atoms with E-state index in [1.54, 1.807) is 12.1 Å². The molecule has 2 N–H and O–H groups in total. The second kappa shape index (κ2) is 7.11. The summed E-state index contributed by atoms with van der Waals surface area (Å²) in [6, 6.07) is 16.1. The highest BCUT2D eigenvalue weighted by atomic mass is 16.3. The molecule has 0 heterocycles. The average molecular weight is 269 g/mol. The van der Waals surface area contributed by atoms with E-state index in [2.05, 4.69) is 43.4 Å². The Kier molecular flexibility index (Phi) is 5.19. The summed E-state index contributed by atoms with van der Waals surface area (Å²) in [5.74, 6) is 0.786. The molecule has 0 saturated carbocycles. The minimum Gasteiger partial charge on any atom is -0.508 e. The maximum atomic E-state index is 9.38. The molecule has 0 saturated heterocycles. The van der Waals surface area contributed by atoms with Gasteiger partial charge in [-0.3, -0.25) is 0 Å². The lowest BCUT2D eigenvalue weighted by atomic mass is 9.89. The molecular formula is C18H23NO. The number of benzene rings is 2. The van der Waals surface area contributed by atoms with E-state index in [1.165, 1.54) is 16.7 Å². The highest BCUT2D eigenvalue weighted by Crippen LogP contribution is 2.24. The van der Waals surface area contributed by atoms with Crippen LogP contribution < -0.4 is 5.32 Å². The molecule has 20 heavy (non-hydrogen) atoms. The molecule has 106 valence electrons. The fourth-order valence-corrected chi connectivity index (χ4v) is 2.57. The molecule has 0 bridgehead atoms. The number of phenols is 1. The molecule has 2 aromatic rings. The van der Waals surface area contributed by atoms with E-state index in [0.717, 1.165) is 19.5 Å². The van der Waals surface area contributed by atoms with Crippen LogP contribution in [0.25, 0.3) is 0 Å². The second-order valence-electron chi connectivity index (χ2n) is 5.23. The molecule has 0 radical (unpaired) electrons. The Morgan fingerprint density at radius 3 is 2.40 bits per heavy atom. The number of likely N-dealkylation sites (N-methyl/N-ethyl adjacent to an activating group) is 1. The standard InChI is InChI=1S/C18H23NO/c1-3-19-13-16(18-7-5-4-6-14(18)2)12-15-8-10-17(20)11-9-15/h4-11,16,19-20H,3,12-13H2,1-2H3. The SMILES string of the molecule is CCNCC(Cc1ccc(O)cc1)c1ccccc1C. The van der Waals surface area contributed by atoms with Gasteiger partial charge in [-0.25, -0.2) is 0 Å². The first kappa shape index (κ1) is 14.6. The van der Waals surface area contributed by atoms with Crippen LogP contribution in [0.3, 0.4) is 0 Å². The van der Waals surface area contributed by atoms with Gasteiger partial charge >= 0.3 is 0 Å². The second-order valence-corrected chi connectivity index (χ2v) is 5.23. The molecule has 0 fully saturated rings. The van der Waals surface area contributed by atoms with E-state index in [4.69, 9.17) is 0 Å². The monoisotopic (exact) mass is 269 g/mol. The maximum Gasteiger partial charge on any atom is 0.115 e. The van der Waals surface area contributed by atoms with E-state index >= 15 is 0 Å². The van der Waals surface area contributed by atoms with Crippen molar-refractivity contribution in [2.75, 3.05) is 13.1 Å². The lowest BCUT2D eigenvalue weighted by Gasteiger charge is -2.20. The van der Waals surface area contributed by atoms with Gasteiger partial charge in [0.15, 0.2) is 0 Å². The molecule has 1 unspecified atom stereocenters. The van der Waals surface area contributed by atoms with Crippen molar-refractivity contribution in [3.8, 4) is 5.75 Å². The lowest BCUT2D eigenvalue weighted by Crippen LogP contribution is -2.23. The smallest absolute Gasteiger partial charge is 0.115 e. The first-order valence-electron chi connectivity index (χ1n) is 7.25. The topological polar surface area (TPSA) is 32.3 Å². The summed E-state index contributed by atoms with van der Waals surface area (Å²) in [6.45, 7) is 6.26. The summed E-state index contributed by atoms with van der Waals surface area (Å²) >= 11 is 0. The quantitative estimate of drug-likeness (QED) is 0.839. The normalized spacial score (nSPS) is 12.3. The minimum absolute atomic E-state index is 0.327. The third-order valence-electron chi connectivity index (χ3n) is 3.69. The Hall–Kier alpha value is -1.80. The van der Waals surface area contributed by atoms with Gasteiger partial charge in [0.05, 0.1) is 0 Å². The van der Waals surface area contributed by atoms with Crippen molar-refractivity contribution in [3.63, 3.8) is 0 Å². The summed E-state index contributed by atoms with van der Waals surface area (Å²) in [6.07, 6.45) is 0.984. The molecule has 0 amide bonds. The molecular weight excluding hydrogens is 246 g/mol. The van der Waals surface area contributed by atoms with Crippen LogP contribution in [0, 0.1) is 6.92 Å². The Morgan fingerprint density at radius 2 is 1.75 bits per heavy atom. The van der Waals surface area contributed by atoms with Gasteiger partial charge in [-0.2, -0.15) is 0 Å². The van der Waals surface area contributed by atoms with Gasteiger partial charge in [0.25, 0.3) is 0 Å². The molecule has 0 spiro atoms. The number of hydrogen-bond acceptors (Lipinski definition) is 2. The van der Waals surface area contributed by atoms with Crippen molar-refractivity contribution in [2.24, 2.45) is 0 Å². The van der Waals surface area contributed by atoms with Crippen LogP contribution in [0.15, 0.2) is 48.5 Å². The lowest BCUT2D eigenvalue weighted by molar-refractivity contribution is 0.475. The number of aryl methyl sites for hydroxylation is 1. The molecule has 0 aliphatic rings. The molecule has 0 aliphatic heterocycles. The number of hydrogen-bond donors (Lipinski definition) is 2. The van der Waals surface area contributed by atoms with Gasteiger partial charge in [-0.05, 0) is 48.7 Å². The molecule has 2 aromatic carbocycles. The maximum absolute atomic E-state index is 9.38. The van der Waals surface area contributed by atoms with Crippen molar-refractivity contribution >= 4 is 0 Å². The van der Waals surface area contributed by atoms with Crippen molar-refractivity contribution in [1.29, 1.82) is 0 Å². The zero-order valence-electron chi connectivity index (χ0n) is 12.3. The van der Waals surface area contributed by atoms with Crippen LogP contribution in [0.5, 0.6) is 5.75 Å². The Bertz CT molecular complexity index is 533. The van der Waals surface area contributed by atoms with Crippen LogP contribution in [-0.4, -0.2) is 18.2 Å². The van der Waals surface area contributed by atoms with Gasteiger partial charge in [0.1, 0.15) is 5.75 Å². The van der Waals surface area contributed by atoms with Crippen LogP contribution in [-0.2, 0) is 6.42 Å². The Balaban J connectivity index is 2.19. The first-order valence-corrected chi connectivity index (χ1v) is 7.25. The van der Waals surface area contributed by atoms with Gasteiger partial charge in [-0.15, -0.1) is 0 Å². The fourth-order valence-electron chi connectivity index (χ4n) is 2.57. The first-order chi connectivity index (χ1) is 9.70. The molecule has 0 aliphatic carbocycles. The van der Waals surface area contributed by atoms with Gasteiger partial charge in [0, 0.05) is 12.5 Å². The van der Waals surface area contributed by atoms with E-state index in [-0.39, 0.29) is 0 Å². The highest BCUT2D eigenvalue weighted by molar-refractivity contribution is 5.33. The fraction of sp³-hybridized carbons (Fsp3) is 0.333. The van der Waals surface area contributed by atoms with Crippen molar-refractivity contribution < 1.29 is 5.11 Å². The number of rotatable bonds is 6. The molecule has 2 heteroatoms. The van der Waals surface area contributed by atoms with E-state index in [0.29, 0.717) is 11.7 Å². The summed E-state index contributed by atoms with van der Waals surface area (Å²) in [5.41, 5.74) is 4.00. The van der Waals surface area contributed by atoms with Gasteiger partial charge in [-0.1, -0.05) is 43.3 Å². The van der Waals surface area contributed by atoms with Crippen LogP contribution >= 0.6 is 0 Å². The summed E-state index contributed by atoms with van der Waals surface area (Å²) in [7, 11) is 0. The van der Waals surface area contributed by atoms with E-state index in [1.807, 2.05) is 12.1 Å². The average Bonchev–Trinajstić information content (AvgIpc) is 2.46. The van der Waals surface area contributed by atoms with Gasteiger partial charge in [0.2, 0.25) is 0 Å². The number of aromatic hydroxyl groups is 1. The molecule has 1 atom stereocenters. The largest absolute Gasteiger partial charge is 0.508 e. The molecule has 2 rings (SSSR count). The van der Waals surface area contributed by atoms with E-state index in [9.17, 15) is 5.11 Å². The minimum atomic E-state index is 0.327. The predicted octanol–water partition coefficient (Wildman–Crippen LogP) is 3.64. The Morgan fingerprint density at radius 1 is 1.05 bits per heavy atom. The number of nitrogens with one attached hydrogen (secondary N) is 1. The van der Waals surface area contributed by atoms with Crippen molar-refractivity contribution in [1.82, 2.24) is 5.32 Å².